The SMILES string of the molecule is COc1cc(-c2oc3c(OC)c(O)cc(O)c3c(=O)c2O)ccc1O. The van der Waals surface area contributed by atoms with Crippen molar-refractivity contribution in [2.45, 2.75) is 0 Å². The summed E-state index contributed by atoms with van der Waals surface area (Å²) >= 11 is 0. The smallest absolute Gasteiger partial charge is 0.238 e. The van der Waals surface area contributed by atoms with Crippen molar-refractivity contribution in [3.63, 3.8) is 0 Å². The molecule has 130 valence electrons. The van der Waals surface area contributed by atoms with Crippen molar-refractivity contribution >= 4 is 11.0 Å². The van der Waals surface area contributed by atoms with Crippen LogP contribution in [-0.2, 0) is 0 Å². The van der Waals surface area contributed by atoms with Gasteiger partial charge in [-0.3, -0.25) is 4.79 Å². The van der Waals surface area contributed by atoms with E-state index in [4.69, 9.17) is 13.9 Å². The van der Waals surface area contributed by atoms with Crippen LogP contribution in [0, 0.1) is 0 Å². The van der Waals surface area contributed by atoms with Crippen LogP contribution >= 0.6 is 0 Å². The van der Waals surface area contributed by atoms with Gasteiger partial charge in [-0.1, -0.05) is 0 Å². The van der Waals surface area contributed by atoms with Crippen molar-refractivity contribution in [1.29, 1.82) is 0 Å². The Labute approximate surface area is 140 Å². The maximum atomic E-state index is 12.5. The van der Waals surface area contributed by atoms with Crippen LogP contribution in [0.25, 0.3) is 22.3 Å². The number of methoxy groups -OCH3 is 2. The maximum Gasteiger partial charge on any atom is 0.238 e. The number of phenols is 3. The summed E-state index contributed by atoms with van der Waals surface area (Å²) in [7, 11) is 2.59. The lowest BCUT2D eigenvalue weighted by atomic mass is 10.1. The van der Waals surface area contributed by atoms with Gasteiger partial charge in [-0.2, -0.15) is 0 Å². The molecule has 3 rings (SSSR count). The average molecular weight is 346 g/mol. The van der Waals surface area contributed by atoms with Crippen LogP contribution in [0.1, 0.15) is 0 Å². The van der Waals surface area contributed by atoms with Crippen LogP contribution < -0.4 is 14.9 Å². The first-order valence-corrected chi connectivity index (χ1v) is 7.05. The van der Waals surface area contributed by atoms with E-state index in [0.717, 1.165) is 6.07 Å². The molecule has 1 heterocycles. The molecule has 8 nitrogen and oxygen atoms in total. The number of benzene rings is 2. The normalized spacial score (nSPS) is 10.8. The first kappa shape index (κ1) is 16.3. The second-order valence-corrected chi connectivity index (χ2v) is 5.15. The van der Waals surface area contributed by atoms with Gasteiger partial charge in [-0.05, 0) is 18.2 Å². The third-order valence-corrected chi connectivity index (χ3v) is 3.70. The fourth-order valence-corrected chi connectivity index (χ4v) is 2.51. The maximum absolute atomic E-state index is 12.5. The molecule has 0 saturated heterocycles. The van der Waals surface area contributed by atoms with Crippen molar-refractivity contribution in [3.8, 4) is 45.8 Å². The molecule has 1 aromatic heterocycles. The first-order chi connectivity index (χ1) is 11.9. The Kier molecular flexibility index (Phi) is 3.80. The van der Waals surface area contributed by atoms with Gasteiger partial charge in [0.2, 0.25) is 16.9 Å². The summed E-state index contributed by atoms with van der Waals surface area (Å²) in [4.78, 5) is 12.5. The summed E-state index contributed by atoms with van der Waals surface area (Å²) < 4.78 is 15.6. The quantitative estimate of drug-likeness (QED) is 0.568. The zero-order valence-corrected chi connectivity index (χ0v) is 13.2. The highest BCUT2D eigenvalue weighted by Gasteiger charge is 2.23. The Bertz CT molecular complexity index is 1040. The second-order valence-electron chi connectivity index (χ2n) is 5.15. The van der Waals surface area contributed by atoms with E-state index in [9.17, 15) is 25.2 Å². The van der Waals surface area contributed by atoms with Crippen LogP contribution in [0.4, 0.5) is 0 Å². The highest BCUT2D eigenvalue weighted by Crippen LogP contribution is 2.43. The molecule has 8 heteroatoms. The molecule has 3 aromatic rings. The first-order valence-electron chi connectivity index (χ1n) is 7.05. The molecule has 0 bridgehead atoms. The van der Waals surface area contributed by atoms with Gasteiger partial charge in [0.25, 0.3) is 0 Å². The minimum Gasteiger partial charge on any atom is -0.507 e. The van der Waals surface area contributed by atoms with Gasteiger partial charge in [0.1, 0.15) is 11.1 Å². The van der Waals surface area contributed by atoms with Crippen molar-refractivity contribution in [2.75, 3.05) is 14.2 Å². The number of phenolic OH excluding ortho intramolecular Hbond substituents is 3. The van der Waals surface area contributed by atoms with E-state index in [0.29, 0.717) is 0 Å². The summed E-state index contributed by atoms with van der Waals surface area (Å²) in [6, 6.07) is 4.97. The molecule has 0 aliphatic carbocycles. The zero-order chi connectivity index (χ0) is 18.3. The summed E-state index contributed by atoms with van der Waals surface area (Å²) in [6.45, 7) is 0. The summed E-state index contributed by atoms with van der Waals surface area (Å²) in [5, 5.41) is 39.3. The molecule has 0 unspecified atom stereocenters. The lowest BCUT2D eigenvalue weighted by molar-refractivity contribution is 0.365. The number of rotatable bonds is 3. The average Bonchev–Trinajstić information content (AvgIpc) is 2.58. The zero-order valence-electron chi connectivity index (χ0n) is 13.2. The minimum atomic E-state index is -0.904. The van der Waals surface area contributed by atoms with E-state index in [-0.39, 0.29) is 39.5 Å². The van der Waals surface area contributed by atoms with Gasteiger partial charge in [-0.15, -0.1) is 0 Å². The molecule has 0 radical (unpaired) electrons. The van der Waals surface area contributed by atoms with Gasteiger partial charge in [0, 0.05) is 11.6 Å². The molecule has 0 saturated carbocycles. The minimum absolute atomic E-state index is 0.102. The lowest BCUT2D eigenvalue weighted by Gasteiger charge is -2.12. The summed E-state index contributed by atoms with van der Waals surface area (Å²) in [5.41, 5.74) is -0.903. The molecule has 0 fully saturated rings. The van der Waals surface area contributed by atoms with Crippen molar-refractivity contribution in [2.24, 2.45) is 0 Å². The number of hydrogen-bond donors (Lipinski definition) is 4. The second kappa shape index (κ2) is 5.82. The largest absolute Gasteiger partial charge is 0.507 e. The van der Waals surface area contributed by atoms with E-state index in [1.165, 1.54) is 32.4 Å². The highest BCUT2D eigenvalue weighted by molar-refractivity contribution is 5.93. The number of hydrogen-bond acceptors (Lipinski definition) is 8. The predicted molar refractivity (Wildman–Crippen MR) is 87.7 cm³/mol. The fourth-order valence-electron chi connectivity index (χ4n) is 2.51. The Hall–Kier alpha value is -3.55. The molecule has 25 heavy (non-hydrogen) atoms. The molecular weight excluding hydrogens is 332 g/mol. The molecule has 2 aromatic carbocycles. The Morgan fingerprint density at radius 1 is 0.920 bits per heavy atom. The van der Waals surface area contributed by atoms with E-state index in [1.54, 1.807) is 0 Å². The molecule has 0 aliphatic heterocycles. The van der Waals surface area contributed by atoms with Gasteiger partial charge < -0.3 is 34.3 Å². The molecular formula is C17H14O8. The van der Waals surface area contributed by atoms with Crippen molar-refractivity contribution < 1.29 is 34.3 Å². The van der Waals surface area contributed by atoms with Crippen LogP contribution in [0.3, 0.4) is 0 Å². The Balaban J connectivity index is 2.41. The van der Waals surface area contributed by atoms with Crippen molar-refractivity contribution in [1.82, 2.24) is 0 Å². The Morgan fingerprint density at radius 2 is 1.64 bits per heavy atom. The standard InChI is InChI=1S/C17H14O8/c1-23-11-5-7(3-4-8(11)18)15-14(22)13(21)12-9(19)6-10(20)16(24-2)17(12)25-15/h3-6,18-20,22H,1-2H3. The molecule has 0 amide bonds. The van der Waals surface area contributed by atoms with E-state index in [2.05, 4.69) is 0 Å². The van der Waals surface area contributed by atoms with Gasteiger partial charge in [-0.25, -0.2) is 0 Å². The van der Waals surface area contributed by atoms with Gasteiger partial charge in [0.15, 0.2) is 28.6 Å². The van der Waals surface area contributed by atoms with Crippen LogP contribution in [0.15, 0.2) is 33.5 Å². The molecule has 0 spiro atoms. The number of ether oxygens (including phenoxy) is 2. The number of aromatic hydroxyl groups is 4. The third-order valence-electron chi connectivity index (χ3n) is 3.70. The molecule has 4 N–H and O–H groups in total. The topological polar surface area (TPSA) is 130 Å². The molecule has 0 atom stereocenters. The predicted octanol–water partition coefficient (Wildman–Crippen LogP) is 2.30. The van der Waals surface area contributed by atoms with Crippen molar-refractivity contribution in [3.05, 3.63) is 34.5 Å². The van der Waals surface area contributed by atoms with Gasteiger partial charge >= 0.3 is 0 Å². The van der Waals surface area contributed by atoms with E-state index < -0.39 is 22.7 Å². The lowest BCUT2D eigenvalue weighted by Crippen LogP contribution is -2.04. The number of fused-ring (bicyclic) bond motifs is 1. The fraction of sp³-hybridized carbons (Fsp3) is 0.118. The summed E-state index contributed by atoms with van der Waals surface area (Å²) in [5.74, 6) is -2.19. The van der Waals surface area contributed by atoms with Crippen LogP contribution in [0.5, 0.6) is 34.5 Å². The van der Waals surface area contributed by atoms with Gasteiger partial charge in [0.05, 0.1) is 14.2 Å². The molecule has 0 aliphatic rings. The summed E-state index contributed by atoms with van der Waals surface area (Å²) in [6.07, 6.45) is 0. The third kappa shape index (κ3) is 2.44. The monoisotopic (exact) mass is 346 g/mol. The Morgan fingerprint density at radius 3 is 2.28 bits per heavy atom. The van der Waals surface area contributed by atoms with Crippen LogP contribution in [-0.4, -0.2) is 34.6 Å². The van der Waals surface area contributed by atoms with E-state index in [1.807, 2.05) is 0 Å². The van der Waals surface area contributed by atoms with Crippen LogP contribution in [0.2, 0.25) is 0 Å². The highest BCUT2D eigenvalue weighted by atomic mass is 16.5. The van der Waals surface area contributed by atoms with E-state index >= 15 is 0 Å².